The fraction of sp³-hybridized carbons (Fsp3) is 0.417. The zero-order valence-corrected chi connectivity index (χ0v) is 16.6. The van der Waals surface area contributed by atoms with Gasteiger partial charge in [-0.1, -0.05) is 36.4 Å². The van der Waals surface area contributed by atoms with Crippen molar-refractivity contribution in [1.82, 2.24) is 4.90 Å². The van der Waals surface area contributed by atoms with Crippen molar-refractivity contribution in [2.24, 2.45) is 0 Å². The van der Waals surface area contributed by atoms with Gasteiger partial charge in [0, 0.05) is 37.5 Å². The minimum atomic E-state index is -0.574. The number of anilines is 1. The molecule has 0 saturated carbocycles. The van der Waals surface area contributed by atoms with E-state index in [1.165, 1.54) is 17.5 Å². The van der Waals surface area contributed by atoms with Gasteiger partial charge in [0.15, 0.2) is 0 Å². The van der Waals surface area contributed by atoms with Crippen molar-refractivity contribution in [3.63, 3.8) is 0 Å². The lowest BCUT2D eigenvalue weighted by molar-refractivity contribution is -0.136. The maximum atomic E-state index is 12.5. The molecule has 1 saturated heterocycles. The van der Waals surface area contributed by atoms with Gasteiger partial charge in [-0.25, -0.2) is 0 Å². The van der Waals surface area contributed by atoms with Crippen molar-refractivity contribution in [3.8, 4) is 0 Å². The van der Waals surface area contributed by atoms with Crippen molar-refractivity contribution < 1.29 is 14.7 Å². The van der Waals surface area contributed by atoms with E-state index in [1.807, 2.05) is 42.5 Å². The maximum absolute atomic E-state index is 12.5. The number of fused-ring (bicyclic) bond motifs is 1. The van der Waals surface area contributed by atoms with Crippen LogP contribution in [0.3, 0.4) is 0 Å². The molecule has 0 radical (unpaired) electrons. The van der Waals surface area contributed by atoms with Gasteiger partial charge < -0.3 is 15.3 Å². The summed E-state index contributed by atoms with van der Waals surface area (Å²) in [4.78, 5) is 26.5. The molecule has 1 aliphatic heterocycles. The summed E-state index contributed by atoms with van der Waals surface area (Å²) in [5, 5.41) is 13.4. The average molecular weight is 392 g/mol. The molecule has 0 bridgehead atoms. The highest BCUT2D eigenvalue weighted by Gasteiger charge is 2.31. The van der Waals surface area contributed by atoms with Gasteiger partial charge in [0.2, 0.25) is 11.8 Å². The number of aliphatic hydroxyl groups is 1. The fourth-order valence-electron chi connectivity index (χ4n) is 4.50. The molecule has 2 atom stereocenters. The van der Waals surface area contributed by atoms with Gasteiger partial charge in [0.05, 0.1) is 6.10 Å². The highest BCUT2D eigenvalue weighted by atomic mass is 16.3. The Labute approximate surface area is 171 Å². The molecule has 0 aromatic heterocycles. The molecule has 1 fully saturated rings. The van der Waals surface area contributed by atoms with E-state index in [0.717, 1.165) is 30.5 Å². The first-order chi connectivity index (χ1) is 14.1. The number of carbonyl (C=O) groups is 2. The molecule has 1 aliphatic carbocycles. The average Bonchev–Trinajstić information content (AvgIpc) is 3.20. The molecule has 2 aromatic carbocycles. The lowest BCUT2D eigenvalue weighted by atomic mass is 9.87. The van der Waals surface area contributed by atoms with Gasteiger partial charge >= 0.3 is 0 Å². The number of likely N-dealkylation sites (tertiary alicyclic amines) is 1. The standard InChI is InChI=1S/C24H28N2O3/c27-22-16-26(14-13-21(22)18-5-2-1-3-6-18)24(29)12-11-23(28)25-20-10-9-17-7-4-8-19(17)15-20/h1-3,5-6,9-10,15,21-22,27H,4,7-8,11-14,16H2,(H,25,28)/t21-,22-/m1/s1. The molecule has 5 heteroatoms. The van der Waals surface area contributed by atoms with E-state index in [0.29, 0.717) is 13.1 Å². The van der Waals surface area contributed by atoms with Crippen molar-refractivity contribution in [1.29, 1.82) is 0 Å². The van der Waals surface area contributed by atoms with Crippen LogP contribution in [0.2, 0.25) is 0 Å². The van der Waals surface area contributed by atoms with E-state index in [2.05, 4.69) is 11.4 Å². The van der Waals surface area contributed by atoms with Crippen LogP contribution in [-0.2, 0) is 22.4 Å². The lowest BCUT2D eigenvalue weighted by Gasteiger charge is -2.36. The molecule has 1 heterocycles. The van der Waals surface area contributed by atoms with Crippen molar-refractivity contribution >= 4 is 17.5 Å². The Hall–Kier alpha value is -2.66. The molecule has 2 aromatic rings. The van der Waals surface area contributed by atoms with Crippen LogP contribution in [0.4, 0.5) is 5.69 Å². The second-order valence-electron chi connectivity index (χ2n) is 8.10. The fourth-order valence-corrected chi connectivity index (χ4v) is 4.50. The monoisotopic (exact) mass is 392 g/mol. The van der Waals surface area contributed by atoms with Gasteiger partial charge in [-0.15, -0.1) is 0 Å². The minimum Gasteiger partial charge on any atom is -0.391 e. The number of rotatable bonds is 5. The van der Waals surface area contributed by atoms with E-state index in [4.69, 9.17) is 0 Å². The van der Waals surface area contributed by atoms with E-state index >= 15 is 0 Å². The molecule has 2 N–H and O–H groups in total. The van der Waals surface area contributed by atoms with Crippen molar-refractivity contribution in [2.75, 3.05) is 18.4 Å². The summed E-state index contributed by atoms with van der Waals surface area (Å²) in [6, 6.07) is 16.0. The third kappa shape index (κ3) is 4.67. The van der Waals surface area contributed by atoms with Gasteiger partial charge in [-0.2, -0.15) is 0 Å². The molecular weight excluding hydrogens is 364 g/mol. The van der Waals surface area contributed by atoms with Crippen molar-refractivity contribution in [2.45, 2.75) is 50.5 Å². The van der Waals surface area contributed by atoms with Crippen LogP contribution in [0, 0.1) is 0 Å². The molecular formula is C24H28N2O3. The highest BCUT2D eigenvalue weighted by Crippen LogP contribution is 2.29. The summed E-state index contributed by atoms with van der Waals surface area (Å²) in [6.07, 6.45) is 3.84. The first-order valence-corrected chi connectivity index (χ1v) is 10.5. The summed E-state index contributed by atoms with van der Waals surface area (Å²) in [5.41, 5.74) is 4.60. The van der Waals surface area contributed by atoms with Crippen LogP contribution < -0.4 is 5.32 Å². The topological polar surface area (TPSA) is 69.6 Å². The number of amides is 2. The quantitative estimate of drug-likeness (QED) is 0.821. The molecule has 29 heavy (non-hydrogen) atoms. The Morgan fingerprint density at radius 2 is 1.83 bits per heavy atom. The third-order valence-electron chi connectivity index (χ3n) is 6.11. The van der Waals surface area contributed by atoms with Crippen LogP contribution in [0.5, 0.6) is 0 Å². The normalized spacial score (nSPS) is 20.9. The number of benzene rings is 2. The lowest BCUT2D eigenvalue weighted by Crippen LogP contribution is -2.45. The minimum absolute atomic E-state index is 0.0587. The smallest absolute Gasteiger partial charge is 0.224 e. The van der Waals surface area contributed by atoms with E-state index in [-0.39, 0.29) is 30.6 Å². The number of nitrogens with one attached hydrogen (secondary N) is 1. The van der Waals surface area contributed by atoms with Crippen LogP contribution in [0.25, 0.3) is 0 Å². The van der Waals surface area contributed by atoms with Crippen LogP contribution >= 0.6 is 0 Å². The molecule has 4 rings (SSSR count). The molecule has 5 nitrogen and oxygen atoms in total. The number of carbonyl (C=O) groups excluding carboxylic acids is 2. The van der Waals surface area contributed by atoms with E-state index in [9.17, 15) is 14.7 Å². The van der Waals surface area contributed by atoms with Crippen LogP contribution in [0.1, 0.15) is 48.3 Å². The number of hydrogen-bond donors (Lipinski definition) is 2. The van der Waals surface area contributed by atoms with Crippen LogP contribution in [0.15, 0.2) is 48.5 Å². The Bertz CT molecular complexity index is 881. The predicted octanol–water partition coefficient (Wildman–Crippen LogP) is 3.27. The Morgan fingerprint density at radius 1 is 1.03 bits per heavy atom. The Balaban J connectivity index is 1.25. The van der Waals surface area contributed by atoms with Crippen LogP contribution in [-0.4, -0.2) is 41.0 Å². The zero-order valence-electron chi connectivity index (χ0n) is 16.6. The van der Waals surface area contributed by atoms with Gasteiger partial charge in [-0.05, 0) is 54.5 Å². The van der Waals surface area contributed by atoms with Crippen molar-refractivity contribution in [3.05, 3.63) is 65.2 Å². The van der Waals surface area contributed by atoms with Gasteiger partial charge in [0.1, 0.15) is 0 Å². The molecule has 0 spiro atoms. The molecule has 0 unspecified atom stereocenters. The largest absolute Gasteiger partial charge is 0.391 e. The second kappa shape index (κ2) is 8.78. The predicted molar refractivity (Wildman–Crippen MR) is 113 cm³/mol. The first-order valence-electron chi connectivity index (χ1n) is 10.5. The summed E-state index contributed by atoms with van der Waals surface area (Å²) < 4.78 is 0. The summed E-state index contributed by atoms with van der Waals surface area (Å²) in [6.45, 7) is 0.937. The Morgan fingerprint density at radius 3 is 2.62 bits per heavy atom. The Kier molecular flexibility index (Phi) is 5.95. The molecule has 2 amide bonds. The summed E-state index contributed by atoms with van der Waals surface area (Å²) in [7, 11) is 0. The number of hydrogen-bond acceptors (Lipinski definition) is 3. The highest BCUT2D eigenvalue weighted by molar-refractivity contribution is 5.93. The van der Waals surface area contributed by atoms with E-state index in [1.54, 1.807) is 4.90 Å². The summed E-state index contributed by atoms with van der Waals surface area (Å²) >= 11 is 0. The number of β-amino-alcohol motifs (C(OH)–C–C–N with tert-alkyl or cyclic N) is 1. The number of piperidine rings is 1. The van der Waals surface area contributed by atoms with Gasteiger partial charge in [-0.3, -0.25) is 9.59 Å². The van der Waals surface area contributed by atoms with E-state index < -0.39 is 6.10 Å². The maximum Gasteiger partial charge on any atom is 0.224 e. The van der Waals surface area contributed by atoms with Gasteiger partial charge in [0.25, 0.3) is 0 Å². The number of aryl methyl sites for hydroxylation is 2. The molecule has 2 aliphatic rings. The SMILES string of the molecule is O=C(CCC(=O)N1CC[C@H](c2ccccc2)[C@H](O)C1)Nc1ccc2c(c1)CCC2. The molecule has 152 valence electrons. The number of nitrogens with zero attached hydrogens (tertiary/aromatic N) is 1. The second-order valence-corrected chi connectivity index (χ2v) is 8.10. The zero-order chi connectivity index (χ0) is 20.2. The summed E-state index contributed by atoms with van der Waals surface area (Å²) in [5.74, 6) is -0.154. The number of aliphatic hydroxyl groups excluding tert-OH is 1. The third-order valence-corrected chi connectivity index (χ3v) is 6.11. The first kappa shape index (κ1) is 19.6.